The summed E-state index contributed by atoms with van der Waals surface area (Å²) in [6.07, 6.45) is 3.60. The number of likely N-dealkylation sites (N-methyl/N-ethyl adjacent to an activating group) is 1. The summed E-state index contributed by atoms with van der Waals surface area (Å²) in [7, 11) is 3.31. The number of fused-ring (bicyclic) bond motifs is 2. The molecule has 2 aromatic rings. The number of ether oxygens (including phenoxy) is 3. The van der Waals surface area contributed by atoms with Crippen LogP contribution in [0.5, 0.6) is 11.5 Å². The second-order valence-electron chi connectivity index (χ2n) is 10.0. The van der Waals surface area contributed by atoms with E-state index in [4.69, 9.17) is 14.2 Å². The van der Waals surface area contributed by atoms with Gasteiger partial charge in [0.2, 0.25) is 5.91 Å². The molecule has 0 radical (unpaired) electrons. The maximum atomic E-state index is 13.4. The number of methoxy groups -OCH3 is 1. The molecule has 2 heterocycles. The predicted molar refractivity (Wildman–Crippen MR) is 137 cm³/mol. The molecule has 0 aromatic heterocycles. The standard InChI is InChI=1S/C28H33N3O6/c1-31-23-10-9-21(14-26(32)29-15-17-6-7-17)37-25(23)16-36-24-11-8-19(13-22(24)28(31)34)30-27(33)18-4-3-5-20(12-18)35-2/h3-5,8,11-13,17,21,23,25H,6-7,9-10,14-16H2,1-2H3,(H,29,32)(H,30,33)/t21-,23+,25+/m1/s1. The lowest BCUT2D eigenvalue weighted by Gasteiger charge is -2.42. The predicted octanol–water partition coefficient (Wildman–Crippen LogP) is 3.24. The molecule has 2 aliphatic heterocycles. The van der Waals surface area contributed by atoms with E-state index in [0.717, 1.165) is 13.0 Å². The van der Waals surface area contributed by atoms with Crippen LogP contribution >= 0.6 is 0 Å². The number of carbonyl (C=O) groups excluding carboxylic acids is 3. The number of nitrogens with one attached hydrogen (secondary N) is 2. The molecule has 37 heavy (non-hydrogen) atoms. The van der Waals surface area contributed by atoms with Gasteiger partial charge in [-0.05, 0) is 68.0 Å². The van der Waals surface area contributed by atoms with Crippen LogP contribution in [0, 0.1) is 5.92 Å². The number of carbonyl (C=O) groups is 3. The third-order valence-electron chi connectivity index (χ3n) is 7.30. The SMILES string of the molecule is COc1cccc(C(=O)Nc2ccc3c(c2)C(=O)N(C)[C@H]2CC[C@H](CC(=O)NCC4CC4)O[C@H]2CO3)c1. The molecule has 2 N–H and O–H groups in total. The van der Waals surface area contributed by atoms with Crippen LogP contribution in [-0.2, 0) is 9.53 Å². The fourth-order valence-corrected chi connectivity index (χ4v) is 4.93. The zero-order valence-electron chi connectivity index (χ0n) is 21.2. The van der Waals surface area contributed by atoms with Crippen LogP contribution in [0.15, 0.2) is 42.5 Å². The van der Waals surface area contributed by atoms with Crippen LogP contribution in [-0.4, -0.2) is 68.2 Å². The van der Waals surface area contributed by atoms with E-state index < -0.39 is 0 Å². The van der Waals surface area contributed by atoms with Crippen LogP contribution in [0.4, 0.5) is 5.69 Å². The molecule has 0 unspecified atom stereocenters. The van der Waals surface area contributed by atoms with Crippen molar-refractivity contribution in [2.45, 2.75) is 50.4 Å². The monoisotopic (exact) mass is 507 g/mol. The number of benzene rings is 2. The Balaban J connectivity index is 1.25. The Morgan fingerprint density at radius 3 is 2.73 bits per heavy atom. The molecule has 5 rings (SSSR count). The number of rotatable bonds is 7. The van der Waals surface area contributed by atoms with E-state index in [0.29, 0.717) is 47.1 Å². The molecule has 1 saturated carbocycles. The molecule has 3 atom stereocenters. The van der Waals surface area contributed by atoms with E-state index in [9.17, 15) is 14.4 Å². The minimum Gasteiger partial charge on any atom is -0.497 e. The van der Waals surface area contributed by atoms with Crippen molar-refractivity contribution in [2.75, 3.05) is 32.6 Å². The highest BCUT2D eigenvalue weighted by atomic mass is 16.5. The van der Waals surface area contributed by atoms with Gasteiger partial charge in [-0.2, -0.15) is 0 Å². The van der Waals surface area contributed by atoms with E-state index in [1.807, 2.05) is 0 Å². The average molecular weight is 508 g/mol. The average Bonchev–Trinajstić information content (AvgIpc) is 3.74. The topological polar surface area (TPSA) is 106 Å². The molecule has 2 aromatic carbocycles. The van der Waals surface area contributed by atoms with Crippen LogP contribution < -0.4 is 20.1 Å². The van der Waals surface area contributed by atoms with E-state index in [2.05, 4.69) is 10.6 Å². The van der Waals surface area contributed by atoms with Crippen molar-refractivity contribution in [2.24, 2.45) is 5.92 Å². The largest absolute Gasteiger partial charge is 0.497 e. The molecule has 0 spiro atoms. The summed E-state index contributed by atoms with van der Waals surface area (Å²) >= 11 is 0. The second-order valence-corrected chi connectivity index (χ2v) is 10.0. The maximum absolute atomic E-state index is 13.4. The van der Waals surface area contributed by atoms with Crippen LogP contribution in [0.25, 0.3) is 0 Å². The summed E-state index contributed by atoms with van der Waals surface area (Å²) in [4.78, 5) is 40.2. The van der Waals surface area contributed by atoms with E-state index >= 15 is 0 Å². The Labute approximate surface area is 216 Å². The first-order valence-electron chi connectivity index (χ1n) is 12.8. The minimum atomic E-state index is -0.329. The lowest BCUT2D eigenvalue weighted by atomic mass is 9.94. The first-order valence-corrected chi connectivity index (χ1v) is 12.8. The third kappa shape index (κ3) is 5.88. The molecule has 1 aliphatic carbocycles. The molecule has 9 nitrogen and oxygen atoms in total. The quantitative estimate of drug-likeness (QED) is 0.596. The summed E-state index contributed by atoms with van der Waals surface area (Å²) in [5.74, 6) is 1.16. The number of hydrogen-bond donors (Lipinski definition) is 2. The van der Waals surface area contributed by atoms with Gasteiger partial charge in [-0.3, -0.25) is 14.4 Å². The molecular formula is C28H33N3O6. The summed E-state index contributed by atoms with van der Waals surface area (Å²) in [6.45, 7) is 1.02. The summed E-state index contributed by atoms with van der Waals surface area (Å²) in [5, 5.41) is 5.85. The van der Waals surface area contributed by atoms with Gasteiger partial charge in [0.1, 0.15) is 24.2 Å². The third-order valence-corrected chi connectivity index (χ3v) is 7.30. The summed E-state index contributed by atoms with van der Waals surface area (Å²) < 4.78 is 17.5. The molecule has 196 valence electrons. The smallest absolute Gasteiger partial charge is 0.257 e. The number of anilines is 1. The summed E-state index contributed by atoms with van der Waals surface area (Å²) in [5.41, 5.74) is 1.32. The van der Waals surface area contributed by atoms with Gasteiger partial charge in [0.05, 0.1) is 31.2 Å². The van der Waals surface area contributed by atoms with Gasteiger partial charge < -0.3 is 29.7 Å². The number of nitrogens with zero attached hydrogens (tertiary/aromatic N) is 1. The highest BCUT2D eigenvalue weighted by Gasteiger charge is 2.39. The first-order chi connectivity index (χ1) is 17.9. The fourth-order valence-electron chi connectivity index (χ4n) is 4.93. The fraction of sp³-hybridized carbons (Fsp3) is 0.464. The van der Waals surface area contributed by atoms with Gasteiger partial charge in [0.15, 0.2) is 0 Å². The second kappa shape index (κ2) is 10.8. The molecule has 9 heteroatoms. The molecule has 2 fully saturated rings. The first kappa shape index (κ1) is 25.1. The zero-order valence-corrected chi connectivity index (χ0v) is 21.2. The number of amides is 3. The van der Waals surface area contributed by atoms with Gasteiger partial charge >= 0.3 is 0 Å². The van der Waals surface area contributed by atoms with Gasteiger partial charge in [0, 0.05) is 24.8 Å². The van der Waals surface area contributed by atoms with E-state index in [1.165, 1.54) is 12.8 Å². The zero-order chi connectivity index (χ0) is 25.9. The van der Waals surface area contributed by atoms with Crippen molar-refractivity contribution < 1.29 is 28.6 Å². The van der Waals surface area contributed by atoms with Crippen LogP contribution in [0.1, 0.15) is 52.8 Å². The van der Waals surface area contributed by atoms with E-state index in [1.54, 1.807) is 61.5 Å². The highest BCUT2D eigenvalue weighted by Crippen LogP contribution is 2.33. The Morgan fingerprint density at radius 2 is 1.95 bits per heavy atom. The molecular weight excluding hydrogens is 474 g/mol. The number of hydrogen-bond acceptors (Lipinski definition) is 6. The maximum Gasteiger partial charge on any atom is 0.257 e. The van der Waals surface area contributed by atoms with Crippen molar-refractivity contribution in [1.82, 2.24) is 10.2 Å². The van der Waals surface area contributed by atoms with Gasteiger partial charge in [-0.15, -0.1) is 0 Å². The summed E-state index contributed by atoms with van der Waals surface area (Å²) in [6, 6.07) is 11.7. The normalized spacial score (nSPS) is 23.0. The Bertz CT molecular complexity index is 1180. The lowest BCUT2D eigenvalue weighted by Crippen LogP contribution is -2.54. The molecule has 3 aliphatic rings. The lowest BCUT2D eigenvalue weighted by molar-refractivity contribution is -0.134. The van der Waals surface area contributed by atoms with Crippen molar-refractivity contribution in [3.63, 3.8) is 0 Å². The van der Waals surface area contributed by atoms with Crippen molar-refractivity contribution in [3.8, 4) is 11.5 Å². The van der Waals surface area contributed by atoms with Gasteiger partial charge in [-0.1, -0.05) is 6.07 Å². The van der Waals surface area contributed by atoms with Crippen molar-refractivity contribution >= 4 is 23.4 Å². The molecule has 1 saturated heterocycles. The van der Waals surface area contributed by atoms with Crippen molar-refractivity contribution in [1.29, 1.82) is 0 Å². The van der Waals surface area contributed by atoms with Crippen LogP contribution in [0.2, 0.25) is 0 Å². The van der Waals surface area contributed by atoms with E-state index in [-0.39, 0.29) is 42.6 Å². The Kier molecular flexibility index (Phi) is 7.32. The molecule has 3 amide bonds. The van der Waals surface area contributed by atoms with Gasteiger partial charge in [-0.25, -0.2) is 0 Å². The highest BCUT2D eigenvalue weighted by molar-refractivity contribution is 6.05. The van der Waals surface area contributed by atoms with Crippen molar-refractivity contribution in [3.05, 3.63) is 53.6 Å². The van der Waals surface area contributed by atoms with Crippen LogP contribution in [0.3, 0.4) is 0 Å². The van der Waals surface area contributed by atoms with Gasteiger partial charge in [0.25, 0.3) is 11.8 Å². The Morgan fingerprint density at radius 1 is 1.11 bits per heavy atom. The minimum absolute atomic E-state index is 0.0143. The molecule has 0 bridgehead atoms. The Hall–Kier alpha value is -3.59.